The molecule has 0 radical (unpaired) electrons. The monoisotopic (exact) mass is 409 g/mol. The number of pyridine rings is 1. The van der Waals surface area contributed by atoms with Crippen LogP contribution in [0.2, 0.25) is 0 Å². The quantitative estimate of drug-likeness (QED) is 0.823. The number of anilines is 1. The summed E-state index contributed by atoms with van der Waals surface area (Å²) in [6, 6.07) is 10.9. The highest BCUT2D eigenvalue weighted by Crippen LogP contribution is 2.24. The minimum absolute atomic E-state index is 0.290. The lowest BCUT2D eigenvalue weighted by atomic mass is 9.97. The maximum absolute atomic E-state index is 12.4. The highest BCUT2D eigenvalue weighted by Gasteiger charge is 2.23. The Bertz CT molecular complexity index is 775. The van der Waals surface area contributed by atoms with E-state index in [-0.39, 0.29) is 4.90 Å². The molecule has 0 unspecified atom stereocenters. The van der Waals surface area contributed by atoms with Gasteiger partial charge in [-0.1, -0.05) is 12.1 Å². The van der Waals surface area contributed by atoms with E-state index in [2.05, 4.69) is 36.6 Å². The van der Waals surface area contributed by atoms with Crippen LogP contribution in [-0.4, -0.2) is 33.0 Å². The lowest BCUT2D eigenvalue weighted by Gasteiger charge is -2.33. The van der Waals surface area contributed by atoms with Crippen molar-refractivity contribution in [1.29, 1.82) is 0 Å². The Balaban J connectivity index is 1.54. The lowest BCUT2D eigenvalue weighted by molar-refractivity contribution is 0.402. The summed E-state index contributed by atoms with van der Waals surface area (Å²) < 4.78 is 28.2. The summed E-state index contributed by atoms with van der Waals surface area (Å²) in [7, 11) is -3.48. The van der Waals surface area contributed by atoms with E-state index in [4.69, 9.17) is 0 Å². The number of piperidine rings is 1. The number of halogens is 1. The lowest BCUT2D eigenvalue weighted by Crippen LogP contribution is -2.38. The molecular formula is C17H20BrN3O2S. The first-order valence-corrected chi connectivity index (χ1v) is 10.2. The van der Waals surface area contributed by atoms with E-state index in [1.54, 1.807) is 30.5 Å². The Morgan fingerprint density at radius 2 is 1.92 bits per heavy atom. The van der Waals surface area contributed by atoms with E-state index in [1.165, 1.54) is 0 Å². The molecule has 1 aliphatic heterocycles. The molecule has 0 bridgehead atoms. The number of benzene rings is 1. The topological polar surface area (TPSA) is 62.3 Å². The maximum atomic E-state index is 12.4. The number of hydrogen-bond donors (Lipinski definition) is 1. The third-order valence-electron chi connectivity index (χ3n) is 4.31. The summed E-state index contributed by atoms with van der Waals surface area (Å²) in [5.41, 5.74) is 1.13. The molecule has 0 spiro atoms. The molecule has 2 heterocycles. The van der Waals surface area contributed by atoms with Crippen molar-refractivity contribution in [3.8, 4) is 0 Å². The largest absolute Gasteiger partial charge is 0.370 e. The zero-order valence-electron chi connectivity index (χ0n) is 13.2. The Kier molecular flexibility index (Phi) is 5.53. The molecule has 0 amide bonds. The van der Waals surface area contributed by atoms with Gasteiger partial charge in [-0.25, -0.2) is 13.1 Å². The van der Waals surface area contributed by atoms with Crippen LogP contribution in [0, 0.1) is 5.92 Å². The molecule has 0 atom stereocenters. The van der Waals surface area contributed by atoms with Crippen LogP contribution in [-0.2, 0) is 10.0 Å². The first-order valence-electron chi connectivity index (χ1n) is 7.95. The van der Waals surface area contributed by atoms with Crippen molar-refractivity contribution in [3.05, 3.63) is 53.3 Å². The summed E-state index contributed by atoms with van der Waals surface area (Å²) in [6.45, 7) is 2.32. The van der Waals surface area contributed by atoms with Gasteiger partial charge in [-0.3, -0.25) is 4.98 Å². The van der Waals surface area contributed by atoms with Crippen LogP contribution < -0.4 is 9.62 Å². The van der Waals surface area contributed by atoms with Gasteiger partial charge in [0.25, 0.3) is 0 Å². The fraction of sp³-hybridized carbons (Fsp3) is 0.353. The van der Waals surface area contributed by atoms with E-state index in [0.717, 1.165) is 31.6 Å². The van der Waals surface area contributed by atoms with Crippen LogP contribution >= 0.6 is 15.9 Å². The SMILES string of the molecule is O=S(=O)(NCC1CCN(c2cccnc2)CC1)c1ccccc1Br. The predicted molar refractivity (Wildman–Crippen MR) is 98.5 cm³/mol. The molecule has 1 N–H and O–H groups in total. The van der Waals surface area contributed by atoms with Crippen molar-refractivity contribution in [2.75, 3.05) is 24.5 Å². The van der Waals surface area contributed by atoms with Crippen molar-refractivity contribution in [3.63, 3.8) is 0 Å². The van der Waals surface area contributed by atoms with E-state index < -0.39 is 10.0 Å². The Labute approximate surface area is 151 Å². The minimum atomic E-state index is -3.48. The van der Waals surface area contributed by atoms with Gasteiger partial charge in [0.2, 0.25) is 10.0 Å². The van der Waals surface area contributed by atoms with E-state index in [0.29, 0.717) is 16.9 Å². The molecule has 0 saturated carbocycles. The highest BCUT2D eigenvalue weighted by atomic mass is 79.9. The Morgan fingerprint density at radius 1 is 1.17 bits per heavy atom. The Hall–Kier alpha value is -1.44. The molecule has 7 heteroatoms. The molecule has 5 nitrogen and oxygen atoms in total. The van der Waals surface area contributed by atoms with E-state index >= 15 is 0 Å². The van der Waals surface area contributed by atoms with Crippen LogP contribution in [0.3, 0.4) is 0 Å². The van der Waals surface area contributed by atoms with Gasteiger partial charge in [0.15, 0.2) is 0 Å². The molecule has 3 rings (SSSR count). The second kappa shape index (κ2) is 7.63. The van der Waals surface area contributed by atoms with Crippen molar-refractivity contribution in [2.45, 2.75) is 17.7 Å². The van der Waals surface area contributed by atoms with Crippen molar-refractivity contribution >= 4 is 31.6 Å². The number of sulfonamides is 1. The summed E-state index contributed by atoms with van der Waals surface area (Å²) >= 11 is 3.30. The first kappa shape index (κ1) is 17.4. The molecular weight excluding hydrogens is 390 g/mol. The maximum Gasteiger partial charge on any atom is 0.241 e. The fourth-order valence-corrected chi connectivity index (χ4v) is 5.02. The molecule has 1 aromatic heterocycles. The zero-order valence-corrected chi connectivity index (χ0v) is 15.6. The van der Waals surface area contributed by atoms with Gasteiger partial charge in [-0.2, -0.15) is 0 Å². The smallest absolute Gasteiger partial charge is 0.241 e. The van der Waals surface area contributed by atoms with Gasteiger partial charge in [0.05, 0.1) is 16.8 Å². The average Bonchev–Trinajstić information content (AvgIpc) is 2.61. The standard InChI is InChI=1S/C17H20BrN3O2S/c18-16-5-1-2-6-17(16)24(22,23)20-12-14-7-10-21(11-8-14)15-4-3-9-19-13-15/h1-6,9,13-14,20H,7-8,10-12H2. The fourth-order valence-electron chi connectivity index (χ4n) is 2.90. The first-order chi connectivity index (χ1) is 11.6. The third kappa shape index (κ3) is 4.15. The van der Waals surface area contributed by atoms with Crippen LogP contribution in [0.4, 0.5) is 5.69 Å². The summed E-state index contributed by atoms with van der Waals surface area (Å²) in [4.78, 5) is 6.74. The van der Waals surface area contributed by atoms with Crippen LogP contribution in [0.1, 0.15) is 12.8 Å². The second-order valence-corrected chi connectivity index (χ2v) is 8.51. The normalized spacial score (nSPS) is 16.3. The number of hydrogen-bond acceptors (Lipinski definition) is 4. The van der Waals surface area contributed by atoms with E-state index in [9.17, 15) is 8.42 Å². The van der Waals surface area contributed by atoms with Crippen LogP contribution in [0.25, 0.3) is 0 Å². The average molecular weight is 410 g/mol. The number of aromatic nitrogens is 1. The molecule has 1 fully saturated rings. The van der Waals surface area contributed by atoms with Crippen molar-refractivity contribution < 1.29 is 8.42 Å². The molecule has 1 aliphatic rings. The van der Waals surface area contributed by atoms with Gasteiger partial charge < -0.3 is 4.90 Å². The van der Waals surface area contributed by atoms with Crippen LogP contribution in [0.5, 0.6) is 0 Å². The summed E-state index contributed by atoms with van der Waals surface area (Å²) in [5, 5.41) is 0. The third-order valence-corrected chi connectivity index (χ3v) is 6.75. The number of nitrogens with one attached hydrogen (secondary N) is 1. The number of nitrogens with zero attached hydrogens (tertiary/aromatic N) is 2. The molecule has 1 aromatic carbocycles. The van der Waals surface area contributed by atoms with Crippen molar-refractivity contribution in [1.82, 2.24) is 9.71 Å². The van der Waals surface area contributed by atoms with Gasteiger partial charge in [0, 0.05) is 30.3 Å². The summed E-state index contributed by atoms with van der Waals surface area (Å²) in [5.74, 6) is 0.357. The summed E-state index contributed by atoms with van der Waals surface area (Å²) in [6.07, 6.45) is 5.57. The second-order valence-electron chi connectivity index (χ2n) is 5.92. The van der Waals surface area contributed by atoms with E-state index in [1.807, 2.05) is 12.3 Å². The van der Waals surface area contributed by atoms with Gasteiger partial charge in [0.1, 0.15) is 0 Å². The van der Waals surface area contributed by atoms with Gasteiger partial charge in [-0.15, -0.1) is 0 Å². The predicted octanol–water partition coefficient (Wildman–Crippen LogP) is 3.04. The zero-order chi connectivity index (χ0) is 17.0. The minimum Gasteiger partial charge on any atom is -0.370 e. The molecule has 2 aromatic rings. The molecule has 0 aliphatic carbocycles. The Morgan fingerprint density at radius 3 is 2.58 bits per heavy atom. The van der Waals surface area contributed by atoms with Gasteiger partial charge in [-0.05, 0) is 59.0 Å². The molecule has 24 heavy (non-hydrogen) atoms. The van der Waals surface area contributed by atoms with Gasteiger partial charge >= 0.3 is 0 Å². The molecule has 1 saturated heterocycles. The number of rotatable bonds is 5. The highest BCUT2D eigenvalue weighted by molar-refractivity contribution is 9.10. The molecule has 128 valence electrons. The van der Waals surface area contributed by atoms with Crippen LogP contribution in [0.15, 0.2) is 58.2 Å². The van der Waals surface area contributed by atoms with Crippen molar-refractivity contribution in [2.24, 2.45) is 5.92 Å².